The molecule has 0 saturated heterocycles. The summed E-state index contributed by atoms with van der Waals surface area (Å²) < 4.78 is 28.9. The Hall–Kier alpha value is -5.28. The topological polar surface area (TPSA) is 186 Å². The minimum absolute atomic E-state index is 0.188. The van der Waals surface area contributed by atoms with Crippen LogP contribution in [0.5, 0.6) is 23.0 Å². The van der Waals surface area contributed by atoms with Crippen molar-refractivity contribution >= 4 is 40.1 Å². The number of esters is 1. The van der Waals surface area contributed by atoms with Gasteiger partial charge in [-0.3, -0.25) is 5.43 Å². The Labute approximate surface area is 291 Å². The number of carboxylic acid groups (broad SMARTS) is 1. The van der Waals surface area contributed by atoms with E-state index in [1.165, 1.54) is 25.5 Å². The average Bonchev–Trinajstić information content (AvgIpc) is 3.07. The van der Waals surface area contributed by atoms with Gasteiger partial charge in [0.2, 0.25) is 0 Å². The van der Waals surface area contributed by atoms with Gasteiger partial charge in [-0.25, -0.2) is 14.4 Å². The maximum atomic E-state index is 12.5. The number of nitrogens with zero attached hydrogens (tertiary/aromatic N) is 1. The quantitative estimate of drug-likeness (QED) is 0.0596. The van der Waals surface area contributed by atoms with Crippen molar-refractivity contribution in [2.75, 3.05) is 26.9 Å². The number of methoxy groups -OCH3 is 1. The molecular weight excluding hydrogens is 704 g/mol. The summed E-state index contributed by atoms with van der Waals surface area (Å²) >= 11 is 3.52. The van der Waals surface area contributed by atoms with Crippen molar-refractivity contribution in [3.8, 4) is 23.0 Å². The van der Waals surface area contributed by atoms with Crippen LogP contribution >= 0.6 is 15.9 Å². The first-order valence-corrected chi connectivity index (χ1v) is 16.0. The number of allylic oxidation sites excluding steroid dienone is 1. The predicted molar refractivity (Wildman–Crippen MR) is 182 cm³/mol. The highest BCUT2D eigenvalue weighted by atomic mass is 79.9. The second-order valence-electron chi connectivity index (χ2n) is 10.5. The zero-order valence-electron chi connectivity index (χ0n) is 27.2. The molecule has 0 fully saturated rings. The number of aromatic carboxylic acids is 1. The highest BCUT2D eigenvalue weighted by Crippen LogP contribution is 2.37. The average molecular weight is 742 g/mol. The molecule has 0 saturated carbocycles. The number of carboxylic acids is 1. The Morgan fingerprint density at radius 1 is 1.00 bits per heavy atom. The first-order valence-electron chi connectivity index (χ1n) is 15.2. The van der Waals surface area contributed by atoms with Gasteiger partial charge in [-0.2, -0.15) is 5.10 Å². The fourth-order valence-corrected chi connectivity index (χ4v) is 5.36. The molecule has 0 unspecified atom stereocenters. The Balaban J connectivity index is 1.39. The van der Waals surface area contributed by atoms with Gasteiger partial charge >= 0.3 is 18.0 Å². The number of ether oxygens (including phenoxy) is 5. The monoisotopic (exact) mass is 740 g/mol. The van der Waals surface area contributed by atoms with Gasteiger partial charge in [-0.15, -0.1) is 0 Å². The molecule has 3 aromatic rings. The van der Waals surface area contributed by atoms with E-state index in [4.69, 9.17) is 28.8 Å². The van der Waals surface area contributed by atoms with Gasteiger partial charge in [0.05, 0.1) is 48.2 Å². The van der Waals surface area contributed by atoms with Crippen LogP contribution in [0.2, 0.25) is 0 Å². The smallest absolute Gasteiger partial charge is 0.337 e. The van der Waals surface area contributed by atoms with Gasteiger partial charge in [0.25, 0.3) is 0 Å². The van der Waals surface area contributed by atoms with Crippen LogP contribution in [-0.2, 0) is 16.1 Å². The highest BCUT2D eigenvalue weighted by molar-refractivity contribution is 9.10. The number of hydrogen-bond donors (Lipinski definition) is 5. The summed E-state index contributed by atoms with van der Waals surface area (Å²) in [4.78, 5) is 35.8. The third kappa shape index (κ3) is 9.64. The minimum atomic E-state index is -1.20. The highest BCUT2D eigenvalue weighted by Gasteiger charge is 2.32. The number of hydrazone groups is 1. The molecule has 0 spiro atoms. The van der Waals surface area contributed by atoms with Crippen LogP contribution in [0.4, 0.5) is 4.79 Å². The number of hydrogen-bond acceptors (Lipinski definition) is 11. The van der Waals surface area contributed by atoms with E-state index in [-0.39, 0.29) is 24.4 Å². The van der Waals surface area contributed by atoms with E-state index in [1.807, 2.05) is 6.92 Å². The molecule has 1 heterocycles. The fraction of sp³-hybridized carbons (Fsp3) is 0.294. The zero-order valence-corrected chi connectivity index (χ0v) is 28.8. The molecule has 4 rings (SSSR count). The largest absolute Gasteiger partial charge is 0.490 e. The van der Waals surface area contributed by atoms with E-state index >= 15 is 0 Å². The summed E-state index contributed by atoms with van der Waals surface area (Å²) in [6, 6.07) is 13.6. The number of carbonyl (C=O) groups excluding carboxylic acids is 2. The van der Waals surface area contributed by atoms with E-state index in [0.29, 0.717) is 57.5 Å². The maximum absolute atomic E-state index is 12.5. The van der Waals surface area contributed by atoms with Gasteiger partial charge in [0, 0.05) is 5.70 Å². The molecule has 5 N–H and O–H groups in total. The number of urea groups is 1. The van der Waals surface area contributed by atoms with E-state index in [1.54, 1.807) is 56.3 Å². The summed E-state index contributed by atoms with van der Waals surface area (Å²) in [5.74, 6) is 0.0146. The van der Waals surface area contributed by atoms with Gasteiger partial charge in [0.15, 0.2) is 29.2 Å². The zero-order chi connectivity index (χ0) is 35.5. The molecule has 2 atom stereocenters. The minimum Gasteiger partial charge on any atom is -0.490 e. The van der Waals surface area contributed by atoms with Crippen LogP contribution < -0.4 is 35.0 Å². The van der Waals surface area contributed by atoms with Gasteiger partial charge < -0.3 is 44.5 Å². The van der Waals surface area contributed by atoms with Crippen molar-refractivity contribution in [3.05, 3.63) is 92.6 Å². The van der Waals surface area contributed by atoms with Crippen molar-refractivity contribution in [2.45, 2.75) is 39.6 Å². The van der Waals surface area contributed by atoms with Crippen molar-refractivity contribution in [1.29, 1.82) is 0 Å². The molecule has 3 aromatic carbocycles. The second-order valence-corrected chi connectivity index (χ2v) is 11.3. The summed E-state index contributed by atoms with van der Waals surface area (Å²) in [7, 11) is 1.26. The molecule has 0 aliphatic carbocycles. The number of aliphatic hydroxyl groups excluding tert-OH is 1. The first kappa shape index (κ1) is 36.6. The summed E-state index contributed by atoms with van der Waals surface area (Å²) in [6.45, 7) is 5.94. The van der Waals surface area contributed by atoms with Crippen LogP contribution in [0.1, 0.15) is 53.9 Å². The van der Waals surface area contributed by atoms with Gasteiger partial charge in [0.1, 0.15) is 13.2 Å². The molecule has 260 valence electrons. The number of halogens is 1. The third-order valence-corrected chi connectivity index (χ3v) is 7.61. The normalized spacial score (nSPS) is 14.8. The van der Waals surface area contributed by atoms with E-state index in [0.717, 1.165) is 5.56 Å². The van der Waals surface area contributed by atoms with Crippen molar-refractivity contribution in [1.82, 2.24) is 16.1 Å². The van der Waals surface area contributed by atoms with Crippen LogP contribution in [0, 0.1) is 0 Å². The van der Waals surface area contributed by atoms with Crippen molar-refractivity contribution in [2.24, 2.45) is 5.10 Å². The molecule has 49 heavy (non-hydrogen) atoms. The fourth-order valence-electron chi connectivity index (χ4n) is 4.78. The Morgan fingerprint density at radius 3 is 2.39 bits per heavy atom. The van der Waals surface area contributed by atoms with E-state index < -0.39 is 30.2 Å². The lowest BCUT2D eigenvalue weighted by Crippen LogP contribution is -2.45. The Morgan fingerprint density at radius 2 is 1.71 bits per heavy atom. The van der Waals surface area contributed by atoms with Crippen LogP contribution in [0.25, 0.3) is 0 Å². The number of carbonyl (C=O) groups is 3. The molecule has 1 aliphatic heterocycles. The molecule has 1 aliphatic rings. The van der Waals surface area contributed by atoms with E-state index in [9.17, 15) is 19.5 Å². The molecule has 0 aromatic heterocycles. The number of amides is 2. The molecule has 0 bridgehead atoms. The van der Waals surface area contributed by atoms with Gasteiger partial charge in [-0.05, 0) is 89.8 Å². The molecule has 2 amide bonds. The number of aliphatic hydroxyl groups is 1. The van der Waals surface area contributed by atoms with Crippen LogP contribution in [0.15, 0.2) is 75.4 Å². The summed E-state index contributed by atoms with van der Waals surface area (Å²) in [5, 5.41) is 29.1. The maximum Gasteiger partial charge on any atom is 0.337 e. The van der Waals surface area contributed by atoms with E-state index in [2.05, 4.69) is 37.1 Å². The summed E-state index contributed by atoms with van der Waals surface area (Å²) in [5.41, 5.74) is 5.42. The first-order chi connectivity index (χ1) is 23.5. The van der Waals surface area contributed by atoms with Gasteiger partial charge in [-0.1, -0.05) is 18.2 Å². The predicted octanol–water partition coefficient (Wildman–Crippen LogP) is 4.65. The standard InChI is InChI=1S/C34H37BrN4O10/c1-5-46-26-15-23(30-29(33(43)45-4)19(3)37-34(44)38-30)11-12-25(26)48-18-28(40)39-36-16-21-13-24(35)31(27(14-21)47-6-2)49-17-20-7-9-22(10-8-20)32(41)42/h7-16,28,30,39-40H,5-6,17-18H2,1-4H3,(H,41,42)(H2,37,38,44)/b36-16-/t28-,30-/m0/s1. The summed E-state index contributed by atoms with van der Waals surface area (Å²) in [6.07, 6.45) is 0.295. The number of rotatable bonds is 16. The van der Waals surface area contributed by atoms with Crippen LogP contribution in [-0.4, -0.2) is 67.6 Å². The van der Waals surface area contributed by atoms with Crippen molar-refractivity contribution in [3.63, 3.8) is 0 Å². The lowest BCUT2D eigenvalue weighted by molar-refractivity contribution is -0.136. The second kappa shape index (κ2) is 17.2. The molecule has 0 radical (unpaired) electrons. The number of benzene rings is 3. The van der Waals surface area contributed by atoms with Crippen LogP contribution in [0.3, 0.4) is 0 Å². The molecule has 14 nitrogen and oxygen atoms in total. The van der Waals surface area contributed by atoms with Crippen molar-refractivity contribution < 1.29 is 48.3 Å². The third-order valence-electron chi connectivity index (χ3n) is 7.03. The Bertz CT molecular complexity index is 1730. The molecule has 15 heteroatoms. The Kier molecular flexibility index (Phi) is 12.8. The molecular formula is C34H37BrN4O10. The lowest BCUT2D eigenvalue weighted by Gasteiger charge is -2.28. The SMILES string of the molecule is CCOc1cc([C@@H]2NC(=O)NC(C)=C2C(=O)OC)ccc1OC[C@H](O)N/N=C\c1cc(Br)c(OCc2ccc(C(=O)O)cc2)c(OCC)c1. The number of nitrogens with one attached hydrogen (secondary N) is 3. The lowest BCUT2D eigenvalue weighted by atomic mass is 9.95.